The van der Waals surface area contributed by atoms with Crippen LogP contribution < -0.4 is 11.1 Å². The van der Waals surface area contributed by atoms with Crippen molar-refractivity contribution in [2.45, 2.75) is 12.5 Å². The Labute approximate surface area is 132 Å². The molecule has 0 aliphatic carbocycles. The summed E-state index contributed by atoms with van der Waals surface area (Å²) in [6.07, 6.45) is -0.353. The topological polar surface area (TPSA) is 131 Å². The lowest BCUT2D eigenvalue weighted by atomic mass is 10.1. The second kappa shape index (κ2) is 7.32. The molecule has 2 aromatic rings. The number of rotatable bonds is 6. The van der Waals surface area contributed by atoms with Gasteiger partial charge in [-0.15, -0.1) is 0 Å². The molecule has 1 heterocycles. The summed E-state index contributed by atoms with van der Waals surface area (Å²) in [4.78, 5) is 25.6. The van der Waals surface area contributed by atoms with Gasteiger partial charge in [-0.2, -0.15) is 0 Å². The Bertz CT molecular complexity index is 706. The highest BCUT2D eigenvalue weighted by Crippen LogP contribution is 2.18. The van der Waals surface area contributed by atoms with Crippen LogP contribution in [0.15, 0.2) is 42.5 Å². The van der Waals surface area contributed by atoms with E-state index in [1.807, 2.05) is 30.3 Å². The van der Waals surface area contributed by atoms with Gasteiger partial charge in [0.1, 0.15) is 5.69 Å². The van der Waals surface area contributed by atoms with Crippen LogP contribution in [0.5, 0.6) is 0 Å². The molecule has 0 fully saturated rings. The molecule has 0 bridgehead atoms. The minimum absolute atomic E-state index is 0.0340. The zero-order chi connectivity index (χ0) is 16.8. The Kier molecular flexibility index (Phi) is 5.21. The number of amides is 1. The average Bonchev–Trinajstić information content (AvgIpc) is 2.53. The number of nitrogens with two attached hydrogens (primary N) is 1. The number of hydrogen-bond acceptors (Lipinski definition) is 6. The zero-order valence-electron chi connectivity index (χ0n) is 12.2. The van der Waals surface area contributed by atoms with Crippen molar-refractivity contribution >= 4 is 17.4 Å². The smallest absolute Gasteiger partial charge is 0.311 e. The van der Waals surface area contributed by atoms with Crippen LogP contribution in [0, 0.1) is 10.1 Å². The van der Waals surface area contributed by atoms with Crippen LogP contribution in [-0.2, 0) is 6.42 Å². The SMILES string of the molecule is Nc1nc(C(=O)NC[C@@H](O)Cc2ccccc2)ccc1[N+](=O)[O-]. The summed E-state index contributed by atoms with van der Waals surface area (Å²) in [5, 5.41) is 23.1. The van der Waals surface area contributed by atoms with Crippen LogP contribution in [0.4, 0.5) is 11.5 Å². The number of pyridine rings is 1. The quantitative estimate of drug-likeness (QED) is 0.536. The maximum atomic E-state index is 11.9. The fourth-order valence-electron chi connectivity index (χ4n) is 2.01. The van der Waals surface area contributed by atoms with Gasteiger partial charge in [0.25, 0.3) is 5.91 Å². The van der Waals surface area contributed by atoms with Gasteiger partial charge in [-0.3, -0.25) is 14.9 Å². The van der Waals surface area contributed by atoms with Gasteiger partial charge in [-0.25, -0.2) is 4.98 Å². The van der Waals surface area contributed by atoms with E-state index in [0.29, 0.717) is 6.42 Å². The first-order chi connectivity index (χ1) is 11.0. The predicted octanol–water partition coefficient (Wildman–Crippen LogP) is 0.905. The summed E-state index contributed by atoms with van der Waals surface area (Å²) in [6.45, 7) is 0.0340. The van der Waals surface area contributed by atoms with E-state index in [1.54, 1.807) is 0 Å². The fraction of sp³-hybridized carbons (Fsp3) is 0.200. The monoisotopic (exact) mass is 316 g/mol. The van der Waals surface area contributed by atoms with E-state index in [1.165, 1.54) is 6.07 Å². The Balaban J connectivity index is 1.92. The number of nitrogen functional groups attached to an aromatic ring is 1. The molecule has 0 unspecified atom stereocenters. The molecule has 1 atom stereocenters. The third-order valence-corrected chi connectivity index (χ3v) is 3.14. The van der Waals surface area contributed by atoms with Crippen LogP contribution in [0.25, 0.3) is 0 Å². The summed E-state index contributed by atoms with van der Waals surface area (Å²) in [5.41, 5.74) is 5.99. The van der Waals surface area contributed by atoms with Gasteiger partial charge in [-0.1, -0.05) is 30.3 Å². The van der Waals surface area contributed by atoms with Crippen LogP contribution in [0.2, 0.25) is 0 Å². The number of nitrogens with one attached hydrogen (secondary N) is 1. The molecule has 0 aliphatic heterocycles. The highest BCUT2D eigenvalue weighted by molar-refractivity contribution is 5.93. The molecule has 1 amide bonds. The van der Waals surface area contributed by atoms with E-state index in [9.17, 15) is 20.0 Å². The number of hydrogen-bond donors (Lipinski definition) is 3. The molecule has 1 aromatic heterocycles. The first-order valence-electron chi connectivity index (χ1n) is 6.88. The molecular formula is C15H16N4O4. The van der Waals surface area contributed by atoms with E-state index in [4.69, 9.17) is 5.73 Å². The van der Waals surface area contributed by atoms with Crippen LogP contribution in [-0.4, -0.2) is 33.6 Å². The van der Waals surface area contributed by atoms with E-state index >= 15 is 0 Å². The number of carbonyl (C=O) groups excluding carboxylic acids is 1. The van der Waals surface area contributed by atoms with Crippen LogP contribution in [0.1, 0.15) is 16.1 Å². The number of aliphatic hydroxyl groups is 1. The second-order valence-electron chi connectivity index (χ2n) is 4.91. The van der Waals surface area contributed by atoms with Crippen molar-refractivity contribution in [2.24, 2.45) is 0 Å². The molecule has 0 aliphatic rings. The van der Waals surface area contributed by atoms with Crippen molar-refractivity contribution in [3.05, 3.63) is 63.8 Å². The van der Waals surface area contributed by atoms with E-state index in [0.717, 1.165) is 11.6 Å². The number of anilines is 1. The number of aliphatic hydroxyl groups excluding tert-OH is 1. The highest BCUT2D eigenvalue weighted by Gasteiger charge is 2.17. The maximum absolute atomic E-state index is 11.9. The molecule has 0 radical (unpaired) electrons. The minimum atomic E-state index is -0.753. The summed E-state index contributed by atoms with van der Waals surface area (Å²) >= 11 is 0. The molecule has 120 valence electrons. The van der Waals surface area contributed by atoms with Crippen LogP contribution in [0.3, 0.4) is 0 Å². The minimum Gasteiger partial charge on any atom is -0.391 e. The maximum Gasteiger partial charge on any atom is 0.311 e. The summed E-state index contributed by atoms with van der Waals surface area (Å²) < 4.78 is 0. The van der Waals surface area contributed by atoms with Gasteiger partial charge in [0.05, 0.1) is 11.0 Å². The molecule has 23 heavy (non-hydrogen) atoms. The van der Waals surface area contributed by atoms with Gasteiger partial charge in [-0.05, 0) is 11.6 Å². The first-order valence-corrected chi connectivity index (χ1v) is 6.88. The average molecular weight is 316 g/mol. The summed E-state index contributed by atoms with van der Waals surface area (Å²) in [7, 11) is 0. The Hall–Kier alpha value is -3.00. The molecular weight excluding hydrogens is 300 g/mol. The second-order valence-corrected chi connectivity index (χ2v) is 4.91. The molecule has 0 saturated heterocycles. The van der Waals surface area contributed by atoms with Crippen molar-refractivity contribution in [3.63, 3.8) is 0 Å². The zero-order valence-corrected chi connectivity index (χ0v) is 12.2. The third-order valence-electron chi connectivity index (χ3n) is 3.14. The van der Waals surface area contributed by atoms with Crippen LogP contribution >= 0.6 is 0 Å². The van der Waals surface area contributed by atoms with Gasteiger partial charge in [0.15, 0.2) is 0 Å². The van der Waals surface area contributed by atoms with Gasteiger partial charge in [0, 0.05) is 19.0 Å². The van der Waals surface area contributed by atoms with Gasteiger partial charge >= 0.3 is 5.69 Å². The van der Waals surface area contributed by atoms with Gasteiger partial charge in [0.2, 0.25) is 5.82 Å². The lowest BCUT2D eigenvalue weighted by molar-refractivity contribution is -0.384. The normalized spacial score (nSPS) is 11.7. The first kappa shape index (κ1) is 16.4. The third kappa shape index (κ3) is 4.48. The summed E-state index contributed by atoms with van der Waals surface area (Å²) in [6, 6.07) is 11.7. The molecule has 1 aromatic carbocycles. The number of aromatic nitrogens is 1. The Morgan fingerprint density at radius 3 is 2.61 bits per heavy atom. The number of nitrogens with zero attached hydrogens (tertiary/aromatic N) is 2. The highest BCUT2D eigenvalue weighted by atomic mass is 16.6. The Morgan fingerprint density at radius 1 is 1.30 bits per heavy atom. The molecule has 8 nitrogen and oxygen atoms in total. The largest absolute Gasteiger partial charge is 0.391 e. The molecule has 4 N–H and O–H groups in total. The molecule has 8 heteroatoms. The van der Waals surface area contributed by atoms with Crippen molar-refractivity contribution < 1.29 is 14.8 Å². The van der Waals surface area contributed by atoms with Crippen molar-refractivity contribution in [2.75, 3.05) is 12.3 Å². The number of nitro groups is 1. The van der Waals surface area contributed by atoms with Crippen molar-refractivity contribution in [1.82, 2.24) is 10.3 Å². The van der Waals surface area contributed by atoms with Crippen molar-refractivity contribution in [1.29, 1.82) is 0 Å². The standard InChI is InChI=1S/C15H16N4O4/c16-14-13(19(22)23)7-6-12(18-14)15(21)17-9-11(20)8-10-4-2-1-3-5-10/h1-7,11,20H,8-9H2,(H2,16,18)(H,17,21)/t11-/m0/s1. The summed E-state index contributed by atoms with van der Waals surface area (Å²) in [5.74, 6) is -0.883. The lowest BCUT2D eigenvalue weighted by Crippen LogP contribution is -2.33. The Morgan fingerprint density at radius 2 is 2.00 bits per heavy atom. The molecule has 0 saturated carbocycles. The molecule has 0 spiro atoms. The van der Waals surface area contributed by atoms with Gasteiger partial charge < -0.3 is 16.2 Å². The van der Waals surface area contributed by atoms with Crippen molar-refractivity contribution in [3.8, 4) is 0 Å². The van der Waals surface area contributed by atoms with E-state index in [-0.39, 0.29) is 23.7 Å². The molecule has 2 rings (SSSR count). The fourth-order valence-corrected chi connectivity index (χ4v) is 2.01. The lowest BCUT2D eigenvalue weighted by Gasteiger charge is -2.12. The van der Waals surface area contributed by atoms with E-state index in [2.05, 4.69) is 10.3 Å². The van der Waals surface area contributed by atoms with E-state index < -0.39 is 16.9 Å². The predicted molar refractivity (Wildman–Crippen MR) is 83.8 cm³/mol. The number of benzene rings is 1. The number of carbonyl (C=O) groups is 1.